The monoisotopic (exact) mass is 419 g/mol. The van der Waals surface area contributed by atoms with E-state index in [1.165, 1.54) is 4.90 Å². The maximum absolute atomic E-state index is 13.4. The molecule has 1 N–H and O–H groups in total. The van der Waals surface area contributed by atoms with Crippen molar-refractivity contribution in [3.8, 4) is 11.5 Å². The number of aromatic amines is 1. The average molecular weight is 419 g/mol. The first-order chi connectivity index (χ1) is 14.9. The second kappa shape index (κ2) is 6.77. The quantitative estimate of drug-likeness (QED) is 0.653. The lowest BCUT2D eigenvalue weighted by Gasteiger charge is -2.42. The zero-order valence-corrected chi connectivity index (χ0v) is 18.1. The Morgan fingerprint density at radius 1 is 1.06 bits per heavy atom. The van der Waals surface area contributed by atoms with Gasteiger partial charge in [0.15, 0.2) is 11.5 Å². The second-order valence-electron chi connectivity index (χ2n) is 8.57. The summed E-state index contributed by atoms with van der Waals surface area (Å²) in [5.41, 5.74) is 3.33. The normalized spacial score (nSPS) is 19.5. The minimum absolute atomic E-state index is 0.163. The number of carbonyl (C=O) groups excluding carboxylic acids is 2. The van der Waals surface area contributed by atoms with E-state index in [9.17, 15) is 9.59 Å². The molecule has 1 fully saturated rings. The summed E-state index contributed by atoms with van der Waals surface area (Å²) >= 11 is 0. The predicted octanol–water partition coefficient (Wildman–Crippen LogP) is 3.81. The number of benzene rings is 2. The smallest absolute Gasteiger partial charge is 0.328 e. The molecule has 0 aliphatic carbocycles. The summed E-state index contributed by atoms with van der Waals surface area (Å²) < 4.78 is 10.7. The molecule has 2 aliphatic rings. The van der Waals surface area contributed by atoms with Gasteiger partial charge in [-0.15, -0.1) is 0 Å². The molecule has 1 atom stereocenters. The van der Waals surface area contributed by atoms with Crippen LogP contribution in [0.5, 0.6) is 11.5 Å². The van der Waals surface area contributed by atoms with Crippen molar-refractivity contribution < 1.29 is 19.1 Å². The molecular formula is C24H25N3O4. The van der Waals surface area contributed by atoms with E-state index in [-0.39, 0.29) is 18.5 Å². The Bertz CT molecular complexity index is 1210. The molecule has 5 rings (SSSR count). The van der Waals surface area contributed by atoms with Crippen LogP contribution in [0.1, 0.15) is 30.7 Å². The van der Waals surface area contributed by atoms with Gasteiger partial charge in [-0.1, -0.05) is 24.3 Å². The van der Waals surface area contributed by atoms with Crippen LogP contribution < -0.4 is 9.47 Å². The number of rotatable bonds is 4. The molecule has 0 spiro atoms. The summed E-state index contributed by atoms with van der Waals surface area (Å²) in [6, 6.07) is 12.8. The van der Waals surface area contributed by atoms with E-state index >= 15 is 0 Å². The number of amides is 3. The van der Waals surface area contributed by atoms with Gasteiger partial charge in [0.05, 0.1) is 26.3 Å². The van der Waals surface area contributed by atoms with Crippen LogP contribution in [0.15, 0.2) is 42.5 Å². The first-order valence-corrected chi connectivity index (χ1v) is 10.3. The average Bonchev–Trinajstić information content (AvgIpc) is 3.26. The number of hydrogen-bond donors (Lipinski definition) is 1. The molecule has 31 heavy (non-hydrogen) atoms. The van der Waals surface area contributed by atoms with Crippen LogP contribution in [0.3, 0.4) is 0 Å². The van der Waals surface area contributed by atoms with E-state index < -0.39 is 11.6 Å². The van der Waals surface area contributed by atoms with Crippen molar-refractivity contribution in [1.29, 1.82) is 0 Å². The van der Waals surface area contributed by atoms with E-state index in [4.69, 9.17) is 9.47 Å². The largest absolute Gasteiger partial charge is 0.493 e. The topological polar surface area (TPSA) is 74.9 Å². The Kier molecular flexibility index (Phi) is 4.25. The van der Waals surface area contributed by atoms with Gasteiger partial charge in [-0.2, -0.15) is 0 Å². The molecule has 3 amide bonds. The second-order valence-corrected chi connectivity index (χ2v) is 8.57. The molecule has 160 valence electrons. The van der Waals surface area contributed by atoms with Crippen LogP contribution in [0.25, 0.3) is 10.9 Å². The van der Waals surface area contributed by atoms with E-state index in [1.807, 2.05) is 38.1 Å². The molecule has 0 bridgehead atoms. The van der Waals surface area contributed by atoms with Gasteiger partial charge in [0.25, 0.3) is 5.91 Å². The molecule has 7 nitrogen and oxygen atoms in total. The Labute approximate surface area is 180 Å². The summed E-state index contributed by atoms with van der Waals surface area (Å²) in [5, 5.41) is 1.11. The number of fused-ring (bicyclic) bond motifs is 4. The standard InChI is InChI=1S/C24H25N3O4/c1-24(2)21-16(15-7-5-6-8-17(15)25-21)12-18-22(28)26(23(29)27(18)24)13-14-9-10-19(30-3)20(11-14)31-4/h5-11,18,25H,12-13H2,1-4H3. The Balaban J connectivity index is 1.51. The van der Waals surface area contributed by atoms with E-state index in [0.29, 0.717) is 17.9 Å². The number of carbonyl (C=O) groups is 2. The molecule has 1 saturated heterocycles. The van der Waals surface area contributed by atoms with E-state index in [2.05, 4.69) is 11.1 Å². The lowest BCUT2D eigenvalue weighted by atomic mass is 9.85. The number of ether oxygens (including phenoxy) is 2. The number of urea groups is 1. The van der Waals surface area contributed by atoms with Gasteiger partial charge in [0, 0.05) is 23.0 Å². The van der Waals surface area contributed by atoms with Gasteiger partial charge in [-0.25, -0.2) is 4.79 Å². The van der Waals surface area contributed by atoms with Crippen molar-refractivity contribution in [1.82, 2.24) is 14.8 Å². The first-order valence-electron chi connectivity index (χ1n) is 10.3. The van der Waals surface area contributed by atoms with Crippen molar-refractivity contribution in [3.05, 3.63) is 59.3 Å². The summed E-state index contributed by atoms with van der Waals surface area (Å²) in [4.78, 5) is 33.4. The summed E-state index contributed by atoms with van der Waals surface area (Å²) in [7, 11) is 3.14. The zero-order chi connectivity index (χ0) is 21.9. The van der Waals surface area contributed by atoms with Gasteiger partial charge in [-0.3, -0.25) is 9.69 Å². The molecule has 2 aromatic carbocycles. The van der Waals surface area contributed by atoms with Crippen LogP contribution in [-0.2, 0) is 23.3 Å². The fourth-order valence-electron chi connectivity index (χ4n) is 5.01. The van der Waals surface area contributed by atoms with Gasteiger partial charge < -0.3 is 19.4 Å². The molecule has 1 unspecified atom stereocenters. The molecule has 0 saturated carbocycles. The Hall–Kier alpha value is -3.48. The minimum atomic E-state index is -0.629. The molecular weight excluding hydrogens is 394 g/mol. The fourth-order valence-corrected chi connectivity index (χ4v) is 5.01. The number of nitrogens with one attached hydrogen (secondary N) is 1. The van der Waals surface area contributed by atoms with E-state index in [0.717, 1.165) is 27.7 Å². The highest BCUT2D eigenvalue weighted by molar-refractivity contribution is 6.05. The predicted molar refractivity (Wildman–Crippen MR) is 116 cm³/mol. The molecule has 0 radical (unpaired) electrons. The van der Waals surface area contributed by atoms with Crippen LogP contribution in [0, 0.1) is 0 Å². The van der Waals surface area contributed by atoms with Crippen molar-refractivity contribution in [2.75, 3.05) is 14.2 Å². The molecule has 2 aliphatic heterocycles. The zero-order valence-electron chi connectivity index (χ0n) is 18.1. The lowest BCUT2D eigenvalue weighted by Crippen LogP contribution is -2.52. The lowest BCUT2D eigenvalue weighted by molar-refractivity contribution is -0.129. The van der Waals surface area contributed by atoms with Gasteiger partial charge in [0.2, 0.25) is 0 Å². The number of nitrogens with zero attached hydrogens (tertiary/aromatic N) is 2. The highest BCUT2D eigenvalue weighted by Crippen LogP contribution is 2.44. The van der Waals surface area contributed by atoms with Crippen molar-refractivity contribution in [2.45, 2.75) is 38.4 Å². The van der Waals surface area contributed by atoms with E-state index in [1.54, 1.807) is 31.3 Å². The third-order valence-electron chi connectivity index (χ3n) is 6.51. The van der Waals surface area contributed by atoms with Crippen LogP contribution in [0.4, 0.5) is 4.79 Å². The van der Waals surface area contributed by atoms with Crippen LogP contribution in [-0.4, -0.2) is 47.0 Å². The minimum Gasteiger partial charge on any atom is -0.493 e. The molecule has 1 aromatic heterocycles. The molecule has 7 heteroatoms. The third kappa shape index (κ3) is 2.72. The van der Waals surface area contributed by atoms with Crippen LogP contribution in [0.2, 0.25) is 0 Å². The van der Waals surface area contributed by atoms with Crippen molar-refractivity contribution in [2.24, 2.45) is 0 Å². The number of hydrogen-bond acceptors (Lipinski definition) is 4. The number of imide groups is 1. The number of methoxy groups -OCH3 is 2. The third-order valence-corrected chi connectivity index (χ3v) is 6.51. The molecule has 3 heterocycles. The molecule has 3 aromatic rings. The maximum atomic E-state index is 13.4. The summed E-state index contributed by atoms with van der Waals surface area (Å²) in [5.74, 6) is 1.01. The van der Waals surface area contributed by atoms with Crippen LogP contribution >= 0.6 is 0 Å². The highest BCUT2D eigenvalue weighted by atomic mass is 16.5. The van der Waals surface area contributed by atoms with Crippen molar-refractivity contribution >= 4 is 22.8 Å². The van der Waals surface area contributed by atoms with Gasteiger partial charge in [0.1, 0.15) is 6.04 Å². The number of aromatic nitrogens is 1. The van der Waals surface area contributed by atoms with Crippen molar-refractivity contribution in [3.63, 3.8) is 0 Å². The first kappa shape index (κ1) is 19.5. The van der Waals surface area contributed by atoms with Gasteiger partial charge in [-0.05, 0) is 43.2 Å². The maximum Gasteiger partial charge on any atom is 0.328 e. The highest BCUT2D eigenvalue weighted by Gasteiger charge is 2.55. The number of H-pyrrole nitrogens is 1. The Morgan fingerprint density at radius 2 is 1.81 bits per heavy atom. The number of para-hydroxylation sites is 1. The van der Waals surface area contributed by atoms with Gasteiger partial charge >= 0.3 is 6.03 Å². The Morgan fingerprint density at radius 3 is 2.55 bits per heavy atom. The SMILES string of the molecule is COc1ccc(CN2C(=O)C3Cc4c([nH]c5ccccc45)C(C)(C)N3C2=O)cc1OC. The summed E-state index contributed by atoms with van der Waals surface area (Å²) in [6.45, 7) is 4.19. The fraction of sp³-hybridized carbons (Fsp3) is 0.333. The summed E-state index contributed by atoms with van der Waals surface area (Å²) in [6.07, 6.45) is 0.510.